The molecule has 1 N–H and O–H groups in total. The molecule has 0 radical (unpaired) electrons. The van der Waals surface area contributed by atoms with Crippen LogP contribution in [0.25, 0.3) is 0 Å². The van der Waals surface area contributed by atoms with Gasteiger partial charge in [0.2, 0.25) is 0 Å². The van der Waals surface area contributed by atoms with E-state index in [0.29, 0.717) is 11.1 Å². The SMILES string of the molecule is CC(C)(C)OC(=O)c1ccccc1C=NNc1ccccc1. The van der Waals surface area contributed by atoms with Crippen molar-refractivity contribution < 1.29 is 9.53 Å². The molecule has 2 rings (SSSR count). The van der Waals surface area contributed by atoms with Crippen molar-refractivity contribution in [1.29, 1.82) is 0 Å². The van der Waals surface area contributed by atoms with E-state index < -0.39 is 5.60 Å². The molecular formula is C18H20N2O2. The van der Waals surface area contributed by atoms with E-state index in [0.717, 1.165) is 5.69 Å². The molecule has 0 heterocycles. The van der Waals surface area contributed by atoms with Crippen LogP contribution in [0.3, 0.4) is 0 Å². The molecule has 0 saturated heterocycles. The predicted molar refractivity (Wildman–Crippen MR) is 89.3 cm³/mol. The fraction of sp³-hybridized carbons (Fsp3) is 0.222. The van der Waals surface area contributed by atoms with Crippen LogP contribution >= 0.6 is 0 Å². The van der Waals surface area contributed by atoms with Gasteiger partial charge < -0.3 is 4.74 Å². The van der Waals surface area contributed by atoms with E-state index in [1.165, 1.54) is 0 Å². The van der Waals surface area contributed by atoms with E-state index in [-0.39, 0.29) is 5.97 Å². The Balaban J connectivity index is 2.13. The number of carbonyl (C=O) groups excluding carboxylic acids is 1. The van der Waals surface area contributed by atoms with Crippen molar-refractivity contribution in [2.24, 2.45) is 5.10 Å². The largest absolute Gasteiger partial charge is 0.456 e. The minimum Gasteiger partial charge on any atom is -0.456 e. The van der Waals surface area contributed by atoms with Crippen molar-refractivity contribution in [3.05, 3.63) is 65.7 Å². The Kier molecular flexibility index (Phi) is 4.94. The Bertz CT molecular complexity index is 658. The zero-order valence-corrected chi connectivity index (χ0v) is 13.0. The first-order valence-electron chi connectivity index (χ1n) is 7.12. The third-order valence-corrected chi connectivity index (χ3v) is 2.75. The molecule has 0 amide bonds. The topological polar surface area (TPSA) is 50.7 Å². The second kappa shape index (κ2) is 6.89. The first kappa shape index (κ1) is 15.8. The van der Waals surface area contributed by atoms with Gasteiger partial charge in [0, 0.05) is 5.56 Å². The Morgan fingerprint density at radius 3 is 2.36 bits per heavy atom. The van der Waals surface area contributed by atoms with Crippen LogP contribution in [0.15, 0.2) is 59.7 Å². The average Bonchev–Trinajstić information content (AvgIpc) is 2.47. The highest BCUT2D eigenvalue weighted by atomic mass is 16.6. The van der Waals surface area contributed by atoms with Crippen LogP contribution in [-0.4, -0.2) is 17.8 Å². The molecule has 4 nitrogen and oxygen atoms in total. The molecule has 0 aliphatic heterocycles. The highest BCUT2D eigenvalue weighted by molar-refractivity contribution is 5.99. The summed E-state index contributed by atoms with van der Waals surface area (Å²) >= 11 is 0. The maximum atomic E-state index is 12.2. The Morgan fingerprint density at radius 2 is 1.68 bits per heavy atom. The number of esters is 1. The number of anilines is 1. The van der Waals surface area contributed by atoms with Gasteiger partial charge in [0.05, 0.1) is 17.5 Å². The molecule has 0 bridgehead atoms. The number of hydrogen-bond acceptors (Lipinski definition) is 4. The fourth-order valence-corrected chi connectivity index (χ4v) is 1.82. The van der Waals surface area contributed by atoms with Crippen molar-refractivity contribution in [3.63, 3.8) is 0 Å². The number of carbonyl (C=O) groups is 1. The molecule has 4 heteroatoms. The molecule has 0 atom stereocenters. The number of hydrazone groups is 1. The third kappa shape index (κ3) is 4.74. The van der Waals surface area contributed by atoms with Crippen LogP contribution in [0.4, 0.5) is 5.69 Å². The second-order valence-corrected chi connectivity index (χ2v) is 5.83. The minimum atomic E-state index is -0.524. The van der Waals surface area contributed by atoms with Gasteiger partial charge in [-0.25, -0.2) is 4.79 Å². The lowest BCUT2D eigenvalue weighted by Crippen LogP contribution is -2.24. The van der Waals surface area contributed by atoms with Gasteiger partial charge in [0.25, 0.3) is 0 Å². The molecule has 22 heavy (non-hydrogen) atoms. The van der Waals surface area contributed by atoms with Crippen molar-refractivity contribution in [1.82, 2.24) is 0 Å². The predicted octanol–water partition coefficient (Wildman–Crippen LogP) is 4.09. The molecule has 114 valence electrons. The van der Waals surface area contributed by atoms with E-state index in [1.807, 2.05) is 63.2 Å². The van der Waals surface area contributed by atoms with Crippen molar-refractivity contribution in [2.75, 3.05) is 5.43 Å². The van der Waals surface area contributed by atoms with Crippen molar-refractivity contribution >= 4 is 17.9 Å². The van der Waals surface area contributed by atoms with Gasteiger partial charge in [0.15, 0.2) is 0 Å². The summed E-state index contributed by atoms with van der Waals surface area (Å²) < 4.78 is 5.41. The minimum absolute atomic E-state index is 0.353. The van der Waals surface area contributed by atoms with E-state index in [2.05, 4.69) is 10.5 Å². The number of nitrogens with one attached hydrogen (secondary N) is 1. The van der Waals surface area contributed by atoms with Gasteiger partial charge in [0.1, 0.15) is 5.60 Å². The lowest BCUT2D eigenvalue weighted by atomic mass is 10.1. The molecule has 0 aromatic heterocycles. The standard InChI is InChI=1S/C18H20N2O2/c1-18(2,3)22-17(21)16-12-8-7-9-14(16)13-19-20-15-10-5-4-6-11-15/h4-13,20H,1-3H3. The monoisotopic (exact) mass is 296 g/mol. The lowest BCUT2D eigenvalue weighted by Gasteiger charge is -2.20. The summed E-state index contributed by atoms with van der Waals surface area (Å²) in [5, 5.41) is 4.17. The summed E-state index contributed by atoms with van der Waals surface area (Å²) in [6.45, 7) is 5.54. The number of nitrogens with zero attached hydrogens (tertiary/aromatic N) is 1. The Morgan fingerprint density at radius 1 is 1.05 bits per heavy atom. The highest BCUT2D eigenvalue weighted by Gasteiger charge is 2.19. The lowest BCUT2D eigenvalue weighted by molar-refractivity contribution is 0.00694. The number of benzene rings is 2. The summed E-state index contributed by atoms with van der Waals surface area (Å²) in [6, 6.07) is 16.8. The Labute approximate surface area is 130 Å². The Hall–Kier alpha value is -2.62. The maximum absolute atomic E-state index is 12.2. The number of hydrogen-bond donors (Lipinski definition) is 1. The van der Waals surface area contributed by atoms with E-state index in [9.17, 15) is 4.79 Å². The van der Waals surface area contributed by atoms with E-state index in [4.69, 9.17) is 4.74 Å². The number of rotatable bonds is 4. The third-order valence-electron chi connectivity index (χ3n) is 2.75. The number of ether oxygens (including phenoxy) is 1. The van der Waals surface area contributed by atoms with Crippen LogP contribution in [0, 0.1) is 0 Å². The zero-order valence-electron chi connectivity index (χ0n) is 13.0. The van der Waals surface area contributed by atoms with Gasteiger partial charge in [-0.2, -0.15) is 5.10 Å². The molecule has 0 fully saturated rings. The van der Waals surface area contributed by atoms with Gasteiger partial charge in [-0.05, 0) is 39.0 Å². The van der Waals surface area contributed by atoms with Gasteiger partial charge in [-0.15, -0.1) is 0 Å². The van der Waals surface area contributed by atoms with Crippen LogP contribution in [0.2, 0.25) is 0 Å². The summed E-state index contributed by atoms with van der Waals surface area (Å²) in [7, 11) is 0. The smallest absolute Gasteiger partial charge is 0.339 e. The molecule has 0 spiro atoms. The molecule has 0 aliphatic rings. The molecule has 2 aromatic carbocycles. The van der Waals surface area contributed by atoms with E-state index in [1.54, 1.807) is 18.3 Å². The molecule has 0 unspecified atom stereocenters. The van der Waals surface area contributed by atoms with Gasteiger partial charge >= 0.3 is 5.97 Å². The highest BCUT2D eigenvalue weighted by Crippen LogP contribution is 2.14. The first-order chi connectivity index (χ1) is 10.5. The summed E-state index contributed by atoms with van der Waals surface area (Å²) in [6.07, 6.45) is 1.62. The molecular weight excluding hydrogens is 276 g/mol. The van der Waals surface area contributed by atoms with E-state index >= 15 is 0 Å². The summed E-state index contributed by atoms with van der Waals surface area (Å²) in [5.74, 6) is -0.353. The van der Waals surface area contributed by atoms with Gasteiger partial charge in [-0.1, -0.05) is 36.4 Å². The average molecular weight is 296 g/mol. The first-order valence-corrected chi connectivity index (χ1v) is 7.12. The number of para-hydroxylation sites is 1. The fourth-order valence-electron chi connectivity index (χ4n) is 1.82. The van der Waals surface area contributed by atoms with Crippen molar-refractivity contribution in [2.45, 2.75) is 26.4 Å². The quantitative estimate of drug-likeness (QED) is 0.525. The summed E-state index contributed by atoms with van der Waals surface area (Å²) in [4.78, 5) is 12.2. The maximum Gasteiger partial charge on any atom is 0.339 e. The van der Waals surface area contributed by atoms with Crippen LogP contribution in [-0.2, 0) is 4.74 Å². The van der Waals surface area contributed by atoms with Gasteiger partial charge in [-0.3, -0.25) is 5.43 Å². The summed E-state index contributed by atoms with van der Waals surface area (Å²) in [5.41, 5.74) is 4.49. The molecule has 0 aliphatic carbocycles. The van der Waals surface area contributed by atoms with Crippen LogP contribution in [0.1, 0.15) is 36.7 Å². The van der Waals surface area contributed by atoms with Crippen LogP contribution < -0.4 is 5.43 Å². The zero-order chi connectivity index (χ0) is 16.0. The van der Waals surface area contributed by atoms with Crippen molar-refractivity contribution in [3.8, 4) is 0 Å². The second-order valence-electron chi connectivity index (χ2n) is 5.83. The van der Waals surface area contributed by atoms with Crippen LogP contribution in [0.5, 0.6) is 0 Å². The molecule has 0 saturated carbocycles. The normalized spacial score (nSPS) is 11.4. The molecule has 2 aromatic rings.